The fraction of sp³-hybridized carbons (Fsp3) is 0.278. The number of hydrogen-bond donors (Lipinski definition) is 3. The molecule has 0 aliphatic rings. The van der Waals surface area contributed by atoms with E-state index in [1.54, 1.807) is 43.3 Å². The van der Waals surface area contributed by atoms with Crippen LogP contribution >= 0.6 is 0 Å². The van der Waals surface area contributed by atoms with E-state index in [-0.39, 0.29) is 36.8 Å². The molecule has 1 amide bonds. The summed E-state index contributed by atoms with van der Waals surface area (Å²) in [5.41, 5.74) is 1.28. The van der Waals surface area contributed by atoms with Gasteiger partial charge >= 0.3 is 0 Å². The SMILES string of the molecule is Cc1ccc(C(=O)Nc2ccccc2)cc1S(=O)(=O)N(CCO)CCO. The van der Waals surface area contributed by atoms with E-state index in [4.69, 9.17) is 10.2 Å². The molecule has 2 rings (SSSR count). The number of anilines is 1. The summed E-state index contributed by atoms with van der Waals surface area (Å²) in [4.78, 5) is 12.4. The van der Waals surface area contributed by atoms with Crippen LogP contribution < -0.4 is 5.32 Å². The van der Waals surface area contributed by atoms with E-state index in [2.05, 4.69) is 5.32 Å². The summed E-state index contributed by atoms with van der Waals surface area (Å²) in [6.45, 7) is 0.617. The lowest BCUT2D eigenvalue weighted by atomic mass is 10.1. The van der Waals surface area contributed by atoms with Crippen molar-refractivity contribution in [1.29, 1.82) is 0 Å². The average Bonchev–Trinajstić information content (AvgIpc) is 2.62. The largest absolute Gasteiger partial charge is 0.395 e. The average molecular weight is 378 g/mol. The van der Waals surface area contributed by atoms with Gasteiger partial charge in [0.25, 0.3) is 5.91 Å². The van der Waals surface area contributed by atoms with Crippen molar-refractivity contribution in [3.63, 3.8) is 0 Å². The number of amides is 1. The molecule has 0 fully saturated rings. The van der Waals surface area contributed by atoms with E-state index >= 15 is 0 Å². The first-order chi connectivity index (χ1) is 12.4. The Kier molecular flexibility index (Phi) is 6.87. The standard InChI is InChI=1S/C18H22N2O5S/c1-14-7-8-15(18(23)19-16-5-3-2-4-6-16)13-17(14)26(24,25)20(9-11-21)10-12-22/h2-8,13,21-22H,9-12H2,1H3,(H,19,23). The van der Waals surface area contributed by atoms with Gasteiger partial charge in [0.15, 0.2) is 0 Å². The van der Waals surface area contributed by atoms with Gasteiger partial charge in [-0.1, -0.05) is 24.3 Å². The highest BCUT2D eigenvalue weighted by atomic mass is 32.2. The monoisotopic (exact) mass is 378 g/mol. The molecule has 0 unspecified atom stereocenters. The van der Waals surface area contributed by atoms with Crippen LogP contribution in [0.4, 0.5) is 5.69 Å². The van der Waals surface area contributed by atoms with E-state index in [9.17, 15) is 13.2 Å². The summed E-state index contributed by atoms with van der Waals surface area (Å²) in [7, 11) is -3.95. The Labute approximate surface area is 152 Å². The van der Waals surface area contributed by atoms with Crippen LogP contribution in [-0.2, 0) is 10.0 Å². The molecule has 0 bridgehead atoms. The van der Waals surface area contributed by atoms with E-state index in [0.29, 0.717) is 11.3 Å². The normalized spacial score (nSPS) is 11.5. The molecular weight excluding hydrogens is 356 g/mol. The van der Waals surface area contributed by atoms with Gasteiger partial charge < -0.3 is 15.5 Å². The van der Waals surface area contributed by atoms with Crippen molar-refractivity contribution >= 4 is 21.6 Å². The van der Waals surface area contributed by atoms with Gasteiger partial charge in [0.05, 0.1) is 18.1 Å². The van der Waals surface area contributed by atoms with Gasteiger partial charge in [-0.2, -0.15) is 4.31 Å². The highest BCUT2D eigenvalue weighted by molar-refractivity contribution is 7.89. The third-order valence-corrected chi connectivity index (χ3v) is 5.84. The molecule has 3 N–H and O–H groups in total. The molecule has 0 atom stereocenters. The number of nitrogens with zero attached hydrogens (tertiary/aromatic N) is 1. The minimum atomic E-state index is -3.95. The number of aryl methyl sites for hydroxylation is 1. The van der Waals surface area contributed by atoms with E-state index in [1.165, 1.54) is 6.07 Å². The zero-order valence-corrected chi connectivity index (χ0v) is 15.2. The fourth-order valence-electron chi connectivity index (χ4n) is 2.46. The molecule has 8 heteroatoms. The van der Waals surface area contributed by atoms with Crippen LogP contribution in [0.1, 0.15) is 15.9 Å². The molecule has 0 saturated carbocycles. The van der Waals surface area contributed by atoms with Gasteiger partial charge in [-0.3, -0.25) is 4.79 Å². The molecule has 2 aromatic carbocycles. The third-order valence-electron chi connectivity index (χ3n) is 3.80. The minimum Gasteiger partial charge on any atom is -0.395 e. The zero-order chi connectivity index (χ0) is 19.2. The predicted octanol–water partition coefficient (Wildman–Crippen LogP) is 1.22. The van der Waals surface area contributed by atoms with Crippen LogP contribution in [0.25, 0.3) is 0 Å². The Hall–Kier alpha value is -2.26. The Bertz CT molecular complexity index is 847. The number of sulfonamides is 1. The van der Waals surface area contributed by atoms with Crippen LogP contribution in [0.15, 0.2) is 53.4 Å². The molecule has 2 aromatic rings. The highest BCUT2D eigenvalue weighted by Gasteiger charge is 2.26. The molecule has 0 radical (unpaired) electrons. The predicted molar refractivity (Wildman–Crippen MR) is 98.5 cm³/mol. The Morgan fingerprint density at radius 3 is 2.23 bits per heavy atom. The van der Waals surface area contributed by atoms with Crippen LogP contribution in [0.5, 0.6) is 0 Å². The van der Waals surface area contributed by atoms with E-state index < -0.39 is 15.9 Å². The lowest BCUT2D eigenvalue weighted by Crippen LogP contribution is -2.36. The molecule has 0 saturated heterocycles. The van der Waals surface area contributed by atoms with Gasteiger partial charge in [-0.05, 0) is 36.8 Å². The summed E-state index contributed by atoms with van der Waals surface area (Å²) >= 11 is 0. The highest BCUT2D eigenvalue weighted by Crippen LogP contribution is 2.22. The first-order valence-electron chi connectivity index (χ1n) is 8.09. The summed E-state index contributed by atoms with van der Waals surface area (Å²) in [5.74, 6) is -0.427. The van der Waals surface area contributed by atoms with Crippen LogP contribution in [-0.4, -0.2) is 55.1 Å². The number of hydrogen-bond acceptors (Lipinski definition) is 5. The second-order valence-electron chi connectivity index (χ2n) is 5.65. The maximum atomic E-state index is 12.8. The smallest absolute Gasteiger partial charge is 0.255 e. The number of carbonyl (C=O) groups is 1. The first-order valence-corrected chi connectivity index (χ1v) is 9.53. The first kappa shape index (κ1) is 20.1. The molecule has 140 valence electrons. The molecule has 7 nitrogen and oxygen atoms in total. The van der Waals surface area contributed by atoms with E-state index in [1.807, 2.05) is 6.07 Å². The Balaban J connectivity index is 2.35. The van der Waals surface area contributed by atoms with E-state index in [0.717, 1.165) is 4.31 Å². The molecule has 0 aromatic heterocycles. The number of aliphatic hydroxyl groups is 2. The fourth-order valence-corrected chi connectivity index (χ4v) is 4.13. The topological polar surface area (TPSA) is 107 Å². The lowest BCUT2D eigenvalue weighted by molar-refractivity contribution is 0.102. The molecular formula is C18H22N2O5S. The molecule has 0 heterocycles. The maximum Gasteiger partial charge on any atom is 0.255 e. The molecule has 26 heavy (non-hydrogen) atoms. The van der Waals surface area contributed by atoms with Gasteiger partial charge in [-0.15, -0.1) is 0 Å². The van der Waals surface area contributed by atoms with Crippen molar-refractivity contribution in [2.24, 2.45) is 0 Å². The molecule has 0 spiro atoms. The zero-order valence-electron chi connectivity index (χ0n) is 14.4. The summed E-state index contributed by atoms with van der Waals surface area (Å²) < 4.78 is 26.7. The Morgan fingerprint density at radius 1 is 1.04 bits per heavy atom. The van der Waals surface area contributed by atoms with Crippen LogP contribution in [0, 0.1) is 6.92 Å². The summed E-state index contributed by atoms with van der Waals surface area (Å²) in [6, 6.07) is 13.3. The number of para-hydroxylation sites is 1. The van der Waals surface area contributed by atoms with Crippen molar-refractivity contribution < 1.29 is 23.4 Å². The van der Waals surface area contributed by atoms with Gasteiger partial charge in [0, 0.05) is 24.3 Å². The maximum absolute atomic E-state index is 12.8. The third kappa shape index (κ3) is 4.67. The van der Waals surface area contributed by atoms with Gasteiger partial charge in [-0.25, -0.2) is 8.42 Å². The van der Waals surface area contributed by atoms with Gasteiger partial charge in [0.2, 0.25) is 10.0 Å². The number of benzene rings is 2. The van der Waals surface area contributed by atoms with Crippen molar-refractivity contribution in [3.05, 3.63) is 59.7 Å². The van der Waals surface area contributed by atoms with Crippen LogP contribution in [0.2, 0.25) is 0 Å². The number of carbonyl (C=O) groups excluding carboxylic acids is 1. The Morgan fingerprint density at radius 2 is 1.65 bits per heavy atom. The van der Waals surface area contributed by atoms with Crippen molar-refractivity contribution in [2.45, 2.75) is 11.8 Å². The van der Waals surface area contributed by atoms with Gasteiger partial charge in [0.1, 0.15) is 0 Å². The van der Waals surface area contributed by atoms with Crippen molar-refractivity contribution in [2.75, 3.05) is 31.6 Å². The molecule has 0 aliphatic heterocycles. The molecule has 0 aliphatic carbocycles. The minimum absolute atomic E-state index is 0.0277. The number of aliphatic hydroxyl groups excluding tert-OH is 2. The quantitative estimate of drug-likeness (QED) is 0.640. The summed E-state index contributed by atoms with van der Waals surface area (Å²) in [6.07, 6.45) is 0. The van der Waals surface area contributed by atoms with Crippen LogP contribution in [0.3, 0.4) is 0 Å². The summed E-state index contributed by atoms with van der Waals surface area (Å²) in [5, 5.41) is 20.9. The lowest BCUT2D eigenvalue weighted by Gasteiger charge is -2.21. The second kappa shape index (κ2) is 8.91. The number of rotatable bonds is 8. The van der Waals surface area contributed by atoms with Crippen molar-refractivity contribution in [3.8, 4) is 0 Å². The second-order valence-corrected chi connectivity index (χ2v) is 7.56. The number of nitrogens with one attached hydrogen (secondary N) is 1. The van der Waals surface area contributed by atoms with Crippen molar-refractivity contribution in [1.82, 2.24) is 4.31 Å².